The third-order valence-corrected chi connectivity index (χ3v) is 14.1. The lowest BCUT2D eigenvalue weighted by Crippen LogP contribution is -2.90. The minimum Gasteiger partial charge on any atom is -0.472 e. The molecule has 1 unspecified atom stereocenters. The highest BCUT2D eigenvalue weighted by molar-refractivity contribution is 5.80. The summed E-state index contributed by atoms with van der Waals surface area (Å²) in [5.41, 5.74) is -8.50. The van der Waals surface area contributed by atoms with Gasteiger partial charge in [-0.1, -0.05) is 20.8 Å². The fourth-order valence-electron chi connectivity index (χ4n) is 13.1. The van der Waals surface area contributed by atoms with Crippen LogP contribution in [0.25, 0.3) is 0 Å². The van der Waals surface area contributed by atoms with Crippen LogP contribution in [0, 0.1) is 34.0 Å². The molecule has 7 fully saturated rings. The van der Waals surface area contributed by atoms with Gasteiger partial charge in [0.05, 0.1) is 43.0 Å². The van der Waals surface area contributed by atoms with Crippen molar-refractivity contribution in [3.8, 4) is 0 Å². The van der Waals surface area contributed by atoms with E-state index in [1.165, 1.54) is 40.4 Å². The van der Waals surface area contributed by atoms with E-state index >= 15 is 0 Å². The van der Waals surface area contributed by atoms with Crippen molar-refractivity contribution in [1.29, 1.82) is 0 Å². The highest BCUT2D eigenvalue weighted by atomic mass is 16.9. The van der Waals surface area contributed by atoms with E-state index in [4.69, 9.17) is 47.0 Å². The summed E-state index contributed by atoms with van der Waals surface area (Å²) >= 11 is 0. The summed E-state index contributed by atoms with van der Waals surface area (Å²) in [5.74, 6) is -9.18. The molecular formula is C37H44O16. The Labute approximate surface area is 304 Å². The van der Waals surface area contributed by atoms with E-state index in [2.05, 4.69) is 0 Å². The summed E-state index contributed by atoms with van der Waals surface area (Å²) in [6.07, 6.45) is -3.58. The molecule has 3 aliphatic heterocycles. The molecular weight excluding hydrogens is 700 g/mol. The normalized spacial score (nSPS) is 48.5. The molecule has 4 saturated carbocycles. The number of hydrogen-bond acceptors (Lipinski definition) is 16. The van der Waals surface area contributed by atoms with Crippen molar-refractivity contribution in [3.63, 3.8) is 0 Å². The Kier molecular flexibility index (Phi) is 7.34. The molecule has 0 amide bonds. The number of rotatable bonds is 7. The predicted molar refractivity (Wildman–Crippen MR) is 170 cm³/mol. The predicted octanol–water partition coefficient (Wildman–Crippen LogP) is 2.84. The Hall–Kier alpha value is -4.02. The Morgan fingerprint density at radius 2 is 1.53 bits per heavy atom. The number of furan rings is 1. The van der Waals surface area contributed by atoms with Crippen LogP contribution in [0.4, 0.5) is 0 Å². The van der Waals surface area contributed by atoms with E-state index in [1.54, 1.807) is 13.0 Å². The molecule has 16 heteroatoms. The van der Waals surface area contributed by atoms with Crippen LogP contribution in [-0.4, -0.2) is 90.1 Å². The van der Waals surface area contributed by atoms with Gasteiger partial charge in [-0.2, -0.15) is 0 Å². The number of carbonyl (C=O) groups is 6. The molecule has 288 valence electrons. The molecule has 8 rings (SSSR count). The van der Waals surface area contributed by atoms with Gasteiger partial charge in [-0.15, -0.1) is 0 Å². The van der Waals surface area contributed by atoms with Crippen LogP contribution in [0.2, 0.25) is 0 Å². The first-order valence-corrected chi connectivity index (χ1v) is 17.8. The average Bonchev–Trinajstić information content (AvgIpc) is 3.74. The molecule has 4 aliphatic carbocycles. The van der Waals surface area contributed by atoms with Gasteiger partial charge in [0.1, 0.15) is 35.6 Å². The van der Waals surface area contributed by atoms with Crippen molar-refractivity contribution in [2.45, 2.75) is 128 Å². The third-order valence-electron chi connectivity index (χ3n) is 14.1. The van der Waals surface area contributed by atoms with Gasteiger partial charge in [0.15, 0.2) is 0 Å². The zero-order valence-electron chi connectivity index (χ0n) is 31.0. The summed E-state index contributed by atoms with van der Waals surface area (Å²) in [7, 11) is 1.17. The first-order valence-electron chi connectivity index (χ1n) is 17.8. The highest BCUT2D eigenvalue weighted by Crippen LogP contribution is 2.89. The average molecular weight is 745 g/mol. The topological polar surface area (TPSA) is 199 Å². The molecule has 7 aliphatic rings. The Morgan fingerprint density at radius 3 is 2.11 bits per heavy atom. The van der Waals surface area contributed by atoms with Crippen molar-refractivity contribution in [1.82, 2.24) is 0 Å². The maximum atomic E-state index is 13.9. The number of fused-ring (bicyclic) bond motifs is 3. The molecule has 4 bridgehead atoms. The maximum absolute atomic E-state index is 13.9. The van der Waals surface area contributed by atoms with Gasteiger partial charge in [0, 0.05) is 69.3 Å². The summed E-state index contributed by atoms with van der Waals surface area (Å²) < 4.78 is 62.9. The molecule has 16 nitrogen and oxygen atoms in total. The van der Waals surface area contributed by atoms with Gasteiger partial charge in [0.2, 0.25) is 6.10 Å². The van der Waals surface area contributed by atoms with Crippen LogP contribution in [-0.2, 0) is 71.4 Å². The van der Waals surface area contributed by atoms with E-state index < -0.39 is 123 Å². The highest BCUT2D eigenvalue weighted by Gasteiger charge is 3.01. The van der Waals surface area contributed by atoms with Crippen molar-refractivity contribution >= 4 is 35.8 Å². The molecule has 0 N–H and O–H groups in total. The van der Waals surface area contributed by atoms with Gasteiger partial charge in [-0.05, 0) is 12.5 Å². The molecule has 2 spiro atoms. The summed E-state index contributed by atoms with van der Waals surface area (Å²) in [4.78, 5) is 80.2. The Balaban J connectivity index is 1.49. The Morgan fingerprint density at radius 1 is 0.868 bits per heavy atom. The zero-order valence-corrected chi connectivity index (χ0v) is 31.0. The van der Waals surface area contributed by atoms with E-state index in [1.807, 2.05) is 20.8 Å². The van der Waals surface area contributed by atoms with Crippen LogP contribution in [0.3, 0.4) is 0 Å². The first kappa shape index (κ1) is 36.0. The third kappa shape index (κ3) is 4.01. The lowest BCUT2D eigenvalue weighted by Gasteiger charge is -2.76. The minimum absolute atomic E-state index is 0.107. The van der Waals surface area contributed by atoms with Crippen LogP contribution in [0.1, 0.15) is 86.3 Å². The molecule has 3 saturated heterocycles. The quantitative estimate of drug-likeness (QED) is 0.291. The number of esters is 6. The molecule has 4 heterocycles. The lowest BCUT2D eigenvalue weighted by molar-refractivity contribution is -0.460. The van der Waals surface area contributed by atoms with Crippen molar-refractivity contribution in [3.05, 3.63) is 24.2 Å². The fraction of sp³-hybridized carbons (Fsp3) is 0.730. The van der Waals surface area contributed by atoms with Gasteiger partial charge in [0.25, 0.3) is 5.97 Å². The van der Waals surface area contributed by atoms with Crippen molar-refractivity contribution in [2.75, 3.05) is 7.11 Å². The van der Waals surface area contributed by atoms with Crippen LogP contribution < -0.4 is 0 Å². The molecule has 0 radical (unpaired) electrons. The second-order valence-corrected chi connectivity index (χ2v) is 16.5. The number of cyclic esters (lactones) is 1. The van der Waals surface area contributed by atoms with E-state index in [0.717, 1.165) is 6.92 Å². The fourth-order valence-corrected chi connectivity index (χ4v) is 13.1. The zero-order chi connectivity index (χ0) is 38.5. The van der Waals surface area contributed by atoms with Crippen molar-refractivity contribution in [2.24, 2.45) is 34.0 Å². The van der Waals surface area contributed by atoms with Gasteiger partial charge >= 0.3 is 35.8 Å². The van der Waals surface area contributed by atoms with Gasteiger partial charge < -0.3 is 47.0 Å². The number of hydrogen-bond donors (Lipinski definition) is 0. The monoisotopic (exact) mass is 744 g/mol. The Bertz CT molecular complexity index is 1820. The molecule has 15 atom stereocenters. The molecule has 53 heavy (non-hydrogen) atoms. The standard InChI is InChI=1S/C37H44O16/c1-16(38)46-22-13-36-33(7)26(25(30(43)44-9)47-17(2)39)31(5)15-35(33)24(28(31)48-18(3)40)29(49-19(4)41)37(36,53-34(8,51-35)52-36)21-12-23(42)50-27(32(21,22)6)20-10-11-45-14-20/h10-11,14,21-22,24-29H,12-13,15H2,1-9H3/t21-,22+,24+,25+,26+,27+,28-,29-,31-,32+,33-,34?,35+,36+,37-/m1/s1. The first-order chi connectivity index (χ1) is 24.7. The number of ether oxygens (including phenoxy) is 9. The van der Waals surface area contributed by atoms with E-state index in [0.29, 0.717) is 5.56 Å². The maximum Gasteiger partial charge on any atom is 0.347 e. The van der Waals surface area contributed by atoms with Crippen LogP contribution in [0.15, 0.2) is 23.0 Å². The van der Waals surface area contributed by atoms with Crippen LogP contribution >= 0.6 is 0 Å². The SMILES string of the molecule is COC(=O)[C@@H](OC(C)=O)[C@H]1[C@@]2(C)C[C@]34OC5(C)O[C@@]6([C@H](OC(C)=O)[C@@H]3[C@H]2OC(C)=O)[C@@H]2CC(=O)O[C@@H](c3ccoc3)[C@]2(C)[C@@H](OC(C)=O)C[C@]6(O5)[C@]14C. The summed E-state index contributed by atoms with van der Waals surface area (Å²) in [5, 5.41) is 0. The second-order valence-electron chi connectivity index (χ2n) is 16.5. The smallest absolute Gasteiger partial charge is 0.347 e. The second kappa shape index (κ2) is 10.8. The van der Waals surface area contributed by atoms with Crippen LogP contribution in [0.5, 0.6) is 0 Å². The van der Waals surface area contributed by atoms with Crippen molar-refractivity contribution < 1.29 is 75.8 Å². The molecule has 1 aromatic heterocycles. The summed E-state index contributed by atoms with van der Waals surface area (Å²) in [6, 6.07) is 1.64. The number of methoxy groups -OCH3 is 1. The largest absolute Gasteiger partial charge is 0.472 e. The molecule has 1 aromatic rings. The van der Waals surface area contributed by atoms with E-state index in [-0.39, 0.29) is 19.3 Å². The molecule has 0 aromatic carbocycles. The van der Waals surface area contributed by atoms with Gasteiger partial charge in [-0.3, -0.25) is 24.0 Å². The lowest BCUT2D eigenvalue weighted by atomic mass is 9.34. The number of carbonyl (C=O) groups excluding carboxylic acids is 6. The van der Waals surface area contributed by atoms with Gasteiger partial charge in [-0.25, -0.2) is 4.79 Å². The minimum atomic E-state index is -1.87. The summed E-state index contributed by atoms with van der Waals surface area (Å²) in [6.45, 7) is 12.0. The van der Waals surface area contributed by atoms with E-state index in [9.17, 15) is 28.8 Å².